The van der Waals surface area contributed by atoms with Gasteiger partial charge < -0.3 is 20.6 Å². The molecule has 0 aliphatic rings. The fourth-order valence-corrected chi connectivity index (χ4v) is 2.08. The first-order chi connectivity index (χ1) is 9.40. The van der Waals surface area contributed by atoms with Gasteiger partial charge in [0.05, 0.1) is 10.0 Å². The molecule has 2 rings (SSSR count). The van der Waals surface area contributed by atoms with Crippen LogP contribution in [0.2, 0.25) is 10.0 Å². The summed E-state index contributed by atoms with van der Waals surface area (Å²) in [7, 11) is 0. The smallest absolute Gasteiger partial charge is 0.263 e. The lowest BCUT2D eigenvalue weighted by Crippen LogP contribution is -2.12. The number of carbonyl (C=O) groups is 1. The quantitative estimate of drug-likeness (QED) is 0.640. The third kappa shape index (κ3) is 2.74. The highest BCUT2D eigenvalue weighted by atomic mass is 35.5. The molecule has 2 aromatic rings. The minimum absolute atomic E-state index is 0.0331. The predicted molar refractivity (Wildman–Crippen MR) is 75.9 cm³/mol. The van der Waals surface area contributed by atoms with E-state index in [0.29, 0.717) is 0 Å². The highest BCUT2D eigenvalue weighted by Gasteiger charge is 2.17. The third-order valence-electron chi connectivity index (χ3n) is 2.52. The molecule has 4 N–H and O–H groups in total. The molecule has 0 fully saturated rings. The summed E-state index contributed by atoms with van der Waals surface area (Å²) < 4.78 is 0. The summed E-state index contributed by atoms with van der Waals surface area (Å²) in [5.41, 5.74) is -0.0572. The van der Waals surface area contributed by atoms with E-state index >= 15 is 0 Å². The molecule has 20 heavy (non-hydrogen) atoms. The highest BCUT2D eigenvalue weighted by molar-refractivity contribution is 6.37. The van der Waals surface area contributed by atoms with Gasteiger partial charge in [0.2, 0.25) is 0 Å². The van der Waals surface area contributed by atoms with Crippen LogP contribution in [-0.2, 0) is 0 Å². The summed E-state index contributed by atoms with van der Waals surface area (Å²) >= 11 is 11.5. The van der Waals surface area contributed by atoms with Crippen LogP contribution < -0.4 is 5.32 Å². The van der Waals surface area contributed by atoms with Crippen LogP contribution in [-0.4, -0.2) is 21.2 Å². The number of hydrogen-bond donors (Lipinski definition) is 4. The molecule has 0 radical (unpaired) electrons. The van der Waals surface area contributed by atoms with Gasteiger partial charge in [-0.25, -0.2) is 0 Å². The maximum absolute atomic E-state index is 12.0. The fourth-order valence-electron chi connectivity index (χ4n) is 1.59. The molecule has 0 aliphatic heterocycles. The molecule has 1 amide bonds. The number of hydrogen-bond acceptors (Lipinski definition) is 4. The van der Waals surface area contributed by atoms with Crippen molar-refractivity contribution < 1.29 is 20.1 Å². The van der Waals surface area contributed by atoms with Crippen LogP contribution in [0.15, 0.2) is 30.3 Å². The van der Waals surface area contributed by atoms with Crippen molar-refractivity contribution in [2.24, 2.45) is 0 Å². The number of benzene rings is 2. The van der Waals surface area contributed by atoms with Gasteiger partial charge in [0.25, 0.3) is 5.91 Å². The molecule has 0 aliphatic carbocycles. The molecule has 104 valence electrons. The van der Waals surface area contributed by atoms with Crippen LogP contribution in [0.1, 0.15) is 10.4 Å². The summed E-state index contributed by atoms with van der Waals surface area (Å²) in [6.45, 7) is 0. The van der Waals surface area contributed by atoms with Crippen molar-refractivity contribution in [1.29, 1.82) is 0 Å². The number of halogens is 2. The van der Waals surface area contributed by atoms with Crippen molar-refractivity contribution in [3.05, 3.63) is 45.9 Å². The van der Waals surface area contributed by atoms with Crippen LogP contribution >= 0.6 is 23.2 Å². The second kappa shape index (κ2) is 5.48. The number of phenolic OH excluding ortho intramolecular Hbond substituents is 3. The van der Waals surface area contributed by atoms with Crippen LogP contribution in [0.4, 0.5) is 5.69 Å². The van der Waals surface area contributed by atoms with Crippen molar-refractivity contribution in [1.82, 2.24) is 0 Å². The Morgan fingerprint density at radius 3 is 2.00 bits per heavy atom. The van der Waals surface area contributed by atoms with Gasteiger partial charge in [-0.15, -0.1) is 0 Å². The molecule has 0 atom stereocenters. The van der Waals surface area contributed by atoms with Gasteiger partial charge in [-0.2, -0.15) is 0 Å². The van der Waals surface area contributed by atoms with Crippen LogP contribution in [0, 0.1) is 0 Å². The number of anilines is 1. The van der Waals surface area contributed by atoms with Crippen molar-refractivity contribution >= 4 is 34.8 Å². The van der Waals surface area contributed by atoms with Crippen LogP contribution in [0.25, 0.3) is 0 Å². The molecule has 2 aromatic carbocycles. The minimum atomic E-state index is -0.738. The lowest BCUT2D eigenvalue weighted by atomic mass is 10.1. The molecule has 0 saturated heterocycles. The van der Waals surface area contributed by atoms with E-state index in [1.807, 2.05) is 0 Å². The molecule has 0 bridgehead atoms. The lowest BCUT2D eigenvalue weighted by Gasteiger charge is -2.10. The average Bonchev–Trinajstić information content (AvgIpc) is 2.35. The Labute approximate surface area is 124 Å². The molecular weight excluding hydrogens is 305 g/mol. The van der Waals surface area contributed by atoms with E-state index in [0.717, 1.165) is 0 Å². The Morgan fingerprint density at radius 1 is 1.00 bits per heavy atom. The van der Waals surface area contributed by atoms with Gasteiger partial charge in [0.15, 0.2) is 5.75 Å². The van der Waals surface area contributed by atoms with Crippen LogP contribution in [0.3, 0.4) is 0 Å². The Morgan fingerprint density at radius 2 is 1.50 bits per heavy atom. The van der Waals surface area contributed by atoms with Gasteiger partial charge in [0.1, 0.15) is 17.1 Å². The highest BCUT2D eigenvalue weighted by Crippen LogP contribution is 2.35. The third-order valence-corrected chi connectivity index (χ3v) is 3.10. The first-order valence-corrected chi connectivity index (χ1v) is 6.16. The summed E-state index contributed by atoms with van der Waals surface area (Å²) in [5.74, 6) is -1.76. The standard InChI is InChI=1S/C13H9Cl2NO4/c14-7-4-6(5-8(15)12(7)19)16-13(20)11-9(17)2-1-3-10(11)18/h1-5,17-19H,(H,16,20). The fraction of sp³-hybridized carbons (Fsp3) is 0. The first kappa shape index (κ1) is 14.3. The molecule has 7 heteroatoms. The van der Waals surface area contributed by atoms with Crippen molar-refractivity contribution in [2.75, 3.05) is 5.32 Å². The topological polar surface area (TPSA) is 89.8 Å². The number of carbonyl (C=O) groups excluding carboxylic acids is 1. The Kier molecular flexibility index (Phi) is 3.92. The SMILES string of the molecule is O=C(Nc1cc(Cl)c(O)c(Cl)c1)c1c(O)cccc1O. The molecule has 0 heterocycles. The molecule has 0 spiro atoms. The van der Waals surface area contributed by atoms with E-state index in [4.69, 9.17) is 23.2 Å². The number of aromatic hydroxyl groups is 3. The van der Waals surface area contributed by atoms with E-state index in [2.05, 4.69) is 5.32 Å². The zero-order chi connectivity index (χ0) is 14.9. The monoisotopic (exact) mass is 313 g/mol. The maximum atomic E-state index is 12.0. The molecule has 0 unspecified atom stereocenters. The van der Waals surface area contributed by atoms with E-state index in [-0.39, 0.29) is 38.5 Å². The number of phenols is 3. The summed E-state index contributed by atoms with van der Waals surface area (Å²) in [6.07, 6.45) is 0. The molecule has 5 nitrogen and oxygen atoms in total. The second-order valence-corrected chi connectivity index (χ2v) is 4.73. The van der Waals surface area contributed by atoms with Crippen molar-refractivity contribution in [2.45, 2.75) is 0 Å². The first-order valence-electron chi connectivity index (χ1n) is 5.40. The zero-order valence-electron chi connectivity index (χ0n) is 9.89. The molecular formula is C13H9Cl2NO4. The van der Waals surface area contributed by atoms with E-state index in [9.17, 15) is 20.1 Å². The predicted octanol–water partition coefficient (Wildman–Crippen LogP) is 3.36. The second-order valence-electron chi connectivity index (χ2n) is 3.91. The van der Waals surface area contributed by atoms with Crippen molar-refractivity contribution in [3.63, 3.8) is 0 Å². The van der Waals surface area contributed by atoms with Gasteiger partial charge in [0, 0.05) is 5.69 Å². The maximum Gasteiger partial charge on any atom is 0.263 e. The number of amides is 1. The lowest BCUT2D eigenvalue weighted by molar-refractivity contribution is 0.102. The van der Waals surface area contributed by atoms with E-state index in [1.54, 1.807) is 0 Å². The minimum Gasteiger partial charge on any atom is -0.507 e. The summed E-state index contributed by atoms with van der Waals surface area (Å²) in [4.78, 5) is 12.0. The number of nitrogens with one attached hydrogen (secondary N) is 1. The number of rotatable bonds is 2. The molecule has 0 saturated carbocycles. The van der Waals surface area contributed by atoms with Gasteiger partial charge in [-0.1, -0.05) is 29.3 Å². The zero-order valence-corrected chi connectivity index (χ0v) is 11.4. The summed E-state index contributed by atoms with van der Waals surface area (Å²) in [5, 5.41) is 30.9. The van der Waals surface area contributed by atoms with Gasteiger partial charge >= 0.3 is 0 Å². The van der Waals surface area contributed by atoms with E-state index < -0.39 is 5.91 Å². The summed E-state index contributed by atoms with van der Waals surface area (Å²) in [6, 6.07) is 6.52. The van der Waals surface area contributed by atoms with Gasteiger partial charge in [-0.3, -0.25) is 4.79 Å². The normalized spacial score (nSPS) is 10.3. The van der Waals surface area contributed by atoms with Crippen LogP contribution in [0.5, 0.6) is 17.2 Å². The Balaban J connectivity index is 2.33. The Bertz CT molecular complexity index is 645. The average molecular weight is 314 g/mol. The molecule has 0 aromatic heterocycles. The van der Waals surface area contributed by atoms with Crippen molar-refractivity contribution in [3.8, 4) is 17.2 Å². The van der Waals surface area contributed by atoms with E-state index in [1.165, 1.54) is 30.3 Å². The van der Waals surface area contributed by atoms with Gasteiger partial charge in [-0.05, 0) is 24.3 Å². The largest absolute Gasteiger partial charge is 0.507 e. The Hall–Kier alpha value is -2.11.